The van der Waals surface area contributed by atoms with Crippen LogP contribution in [-0.4, -0.2) is 24.0 Å². The Balaban J connectivity index is 1.48. The van der Waals surface area contributed by atoms with Crippen molar-refractivity contribution in [1.29, 1.82) is 0 Å². The molecule has 1 atom stereocenters. The Labute approximate surface area is 168 Å². The number of aryl methyl sites for hydroxylation is 1. The van der Waals surface area contributed by atoms with E-state index >= 15 is 0 Å². The molecule has 4 nitrogen and oxygen atoms in total. The van der Waals surface area contributed by atoms with Gasteiger partial charge in [-0.2, -0.15) is 0 Å². The fourth-order valence-corrected chi connectivity index (χ4v) is 4.16. The van der Waals surface area contributed by atoms with Gasteiger partial charge in [-0.15, -0.1) is 11.3 Å². The van der Waals surface area contributed by atoms with Crippen molar-refractivity contribution < 1.29 is 9.53 Å². The molecule has 1 N–H and O–H groups in total. The molecular weight excluding hydrogens is 368 g/mol. The van der Waals surface area contributed by atoms with Crippen LogP contribution in [0.25, 0.3) is 21.1 Å². The van der Waals surface area contributed by atoms with E-state index in [1.165, 1.54) is 16.9 Å². The molecule has 0 aliphatic carbocycles. The molecule has 0 saturated carbocycles. The molecular formula is C23H22N2O2S. The van der Waals surface area contributed by atoms with E-state index in [-0.39, 0.29) is 11.9 Å². The molecule has 1 amide bonds. The zero-order valence-corrected chi connectivity index (χ0v) is 16.8. The molecule has 0 aliphatic rings. The number of ether oxygens (including phenoxy) is 1. The summed E-state index contributed by atoms with van der Waals surface area (Å²) >= 11 is 1.43. The molecule has 142 valence electrons. The van der Waals surface area contributed by atoms with Gasteiger partial charge in [0.25, 0.3) is 5.91 Å². The number of nitrogens with zero attached hydrogens (tertiary/aromatic N) is 1. The summed E-state index contributed by atoms with van der Waals surface area (Å²) in [7, 11) is 1.65. The third-order valence-electron chi connectivity index (χ3n) is 4.82. The van der Waals surface area contributed by atoms with Crippen molar-refractivity contribution in [2.75, 3.05) is 7.11 Å². The highest BCUT2D eigenvalue weighted by atomic mass is 32.1. The summed E-state index contributed by atoms with van der Waals surface area (Å²) in [5.74, 6) is 0.742. The summed E-state index contributed by atoms with van der Waals surface area (Å²) in [6.45, 7) is 2.05. The number of rotatable bonds is 6. The van der Waals surface area contributed by atoms with Crippen LogP contribution in [0.1, 0.15) is 28.6 Å². The Kier molecular flexibility index (Phi) is 5.26. The first-order chi connectivity index (χ1) is 13.6. The van der Waals surface area contributed by atoms with Crippen molar-refractivity contribution in [2.45, 2.75) is 25.8 Å². The summed E-state index contributed by atoms with van der Waals surface area (Å²) in [5, 5.41) is 5.14. The second kappa shape index (κ2) is 7.98. The van der Waals surface area contributed by atoms with Gasteiger partial charge in [-0.1, -0.05) is 30.3 Å². The number of carbonyl (C=O) groups excluding carboxylic acids is 1. The maximum absolute atomic E-state index is 12.7. The van der Waals surface area contributed by atoms with Gasteiger partial charge in [0.2, 0.25) is 0 Å². The molecule has 0 bridgehead atoms. The van der Waals surface area contributed by atoms with E-state index in [1.54, 1.807) is 7.11 Å². The number of hydrogen-bond acceptors (Lipinski definition) is 4. The van der Waals surface area contributed by atoms with E-state index in [0.29, 0.717) is 4.88 Å². The maximum atomic E-state index is 12.7. The molecule has 0 fully saturated rings. The lowest BCUT2D eigenvalue weighted by Gasteiger charge is -2.13. The lowest BCUT2D eigenvalue weighted by Crippen LogP contribution is -2.32. The molecule has 2 aromatic heterocycles. The zero-order valence-electron chi connectivity index (χ0n) is 15.9. The first-order valence-corrected chi connectivity index (χ1v) is 10.2. The van der Waals surface area contributed by atoms with Gasteiger partial charge in [0.1, 0.15) is 10.6 Å². The van der Waals surface area contributed by atoms with Gasteiger partial charge in [0.15, 0.2) is 0 Å². The monoisotopic (exact) mass is 390 g/mol. The van der Waals surface area contributed by atoms with Gasteiger partial charge in [0.05, 0.1) is 17.5 Å². The van der Waals surface area contributed by atoms with E-state index in [0.717, 1.165) is 39.7 Å². The number of aromatic nitrogens is 1. The molecule has 2 heterocycles. The number of hydrogen-bond donors (Lipinski definition) is 1. The maximum Gasteiger partial charge on any atom is 0.261 e. The van der Waals surface area contributed by atoms with E-state index in [9.17, 15) is 4.79 Å². The van der Waals surface area contributed by atoms with Crippen LogP contribution in [-0.2, 0) is 6.42 Å². The molecule has 0 spiro atoms. The number of carbonyl (C=O) groups is 1. The quantitative estimate of drug-likeness (QED) is 0.492. The number of pyridine rings is 1. The lowest BCUT2D eigenvalue weighted by atomic mass is 10.1. The Hall–Kier alpha value is -2.92. The smallest absolute Gasteiger partial charge is 0.261 e. The molecule has 28 heavy (non-hydrogen) atoms. The second-order valence-electron chi connectivity index (χ2n) is 6.95. The van der Waals surface area contributed by atoms with E-state index in [2.05, 4.69) is 23.5 Å². The van der Waals surface area contributed by atoms with Crippen molar-refractivity contribution >= 4 is 38.4 Å². The summed E-state index contributed by atoms with van der Waals surface area (Å²) < 4.78 is 5.28. The van der Waals surface area contributed by atoms with Crippen LogP contribution >= 0.6 is 11.3 Å². The molecule has 4 aromatic rings. The first kappa shape index (κ1) is 18.4. The number of thiophene rings is 1. The minimum atomic E-state index is -0.0369. The molecule has 4 rings (SSSR count). The van der Waals surface area contributed by atoms with Crippen molar-refractivity contribution in [3.05, 3.63) is 71.1 Å². The van der Waals surface area contributed by atoms with Crippen LogP contribution in [0.2, 0.25) is 0 Å². The average molecular weight is 391 g/mol. The predicted molar refractivity (Wildman–Crippen MR) is 115 cm³/mol. The molecule has 0 aliphatic heterocycles. The fraction of sp³-hybridized carbons (Fsp3) is 0.217. The Morgan fingerprint density at radius 2 is 1.93 bits per heavy atom. The molecule has 0 unspecified atom stereocenters. The van der Waals surface area contributed by atoms with Gasteiger partial charge >= 0.3 is 0 Å². The van der Waals surface area contributed by atoms with Crippen LogP contribution in [0.5, 0.6) is 5.75 Å². The summed E-state index contributed by atoms with van der Waals surface area (Å²) in [6.07, 6.45) is 1.85. The topological polar surface area (TPSA) is 51.2 Å². The fourth-order valence-electron chi connectivity index (χ4n) is 3.24. The molecule has 0 radical (unpaired) electrons. The highest BCUT2D eigenvalue weighted by molar-refractivity contribution is 7.20. The van der Waals surface area contributed by atoms with Crippen LogP contribution in [0.4, 0.5) is 0 Å². The van der Waals surface area contributed by atoms with Crippen molar-refractivity contribution in [2.24, 2.45) is 0 Å². The van der Waals surface area contributed by atoms with E-state index < -0.39 is 0 Å². The number of nitrogens with one attached hydrogen (secondary N) is 1. The number of amides is 1. The average Bonchev–Trinajstić information content (AvgIpc) is 3.14. The van der Waals surface area contributed by atoms with Gasteiger partial charge in [-0.25, -0.2) is 4.98 Å². The number of benzene rings is 2. The third kappa shape index (κ3) is 3.99. The summed E-state index contributed by atoms with van der Waals surface area (Å²) in [5.41, 5.74) is 2.16. The molecule has 0 saturated heterocycles. The highest BCUT2D eigenvalue weighted by Gasteiger charge is 2.14. The summed E-state index contributed by atoms with van der Waals surface area (Å²) in [6, 6.07) is 20.3. The summed E-state index contributed by atoms with van der Waals surface area (Å²) in [4.78, 5) is 18.9. The molecule has 2 aromatic carbocycles. The minimum Gasteiger partial charge on any atom is -0.497 e. The van der Waals surface area contributed by atoms with E-state index in [4.69, 9.17) is 9.72 Å². The van der Waals surface area contributed by atoms with Gasteiger partial charge in [-0.05, 0) is 49.6 Å². The van der Waals surface area contributed by atoms with Crippen molar-refractivity contribution in [3.8, 4) is 5.75 Å². The zero-order chi connectivity index (χ0) is 19.5. The van der Waals surface area contributed by atoms with Crippen molar-refractivity contribution in [1.82, 2.24) is 10.3 Å². The predicted octanol–water partition coefficient (Wildman–Crippen LogP) is 5.21. The van der Waals surface area contributed by atoms with Gasteiger partial charge < -0.3 is 10.1 Å². The first-order valence-electron chi connectivity index (χ1n) is 9.35. The van der Waals surface area contributed by atoms with Gasteiger partial charge in [-0.3, -0.25) is 4.79 Å². The third-order valence-corrected chi connectivity index (χ3v) is 5.86. The number of fused-ring (bicyclic) bond motifs is 2. The minimum absolute atomic E-state index is 0.0369. The van der Waals surface area contributed by atoms with Crippen LogP contribution < -0.4 is 10.1 Å². The van der Waals surface area contributed by atoms with Crippen LogP contribution in [0.15, 0.2) is 60.7 Å². The largest absolute Gasteiger partial charge is 0.497 e. The second-order valence-corrected chi connectivity index (χ2v) is 7.98. The van der Waals surface area contributed by atoms with Gasteiger partial charge in [0, 0.05) is 22.9 Å². The normalized spacial score (nSPS) is 12.2. The Morgan fingerprint density at radius 3 is 2.71 bits per heavy atom. The van der Waals surface area contributed by atoms with Crippen LogP contribution in [0, 0.1) is 0 Å². The number of methoxy groups -OCH3 is 1. The molecule has 5 heteroatoms. The standard InChI is InChI=1S/C23H22N2O2S/c1-15(8-9-16-6-4-3-5-7-16)24-22(26)21-13-18-12-17-10-11-19(27-2)14-20(17)25-23(18)28-21/h3-7,10-15H,8-9H2,1-2H3,(H,24,26)/t15-/m0/s1. The lowest BCUT2D eigenvalue weighted by molar-refractivity contribution is 0.0942. The van der Waals surface area contributed by atoms with Crippen molar-refractivity contribution in [3.63, 3.8) is 0 Å². The Morgan fingerprint density at radius 1 is 1.11 bits per heavy atom. The SMILES string of the molecule is COc1ccc2cc3cc(C(=O)N[C@@H](C)CCc4ccccc4)sc3nc2c1. The van der Waals surface area contributed by atoms with Crippen LogP contribution in [0.3, 0.4) is 0 Å². The van der Waals surface area contributed by atoms with E-state index in [1.807, 2.05) is 49.4 Å². The highest BCUT2D eigenvalue weighted by Crippen LogP contribution is 2.29. The Bertz CT molecular complexity index is 1120.